The van der Waals surface area contributed by atoms with E-state index in [0.717, 1.165) is 10.5 Å². The fourth-order valence-electron chi connectivity index (χ4n) is 1.89. The highest BCUT2D eigenvalue weighted by Crippen LogP contribution is 2.46. The van der Waals surface area contributed by atoms with Crippen molar-refractivity contribution in [2.45, 2.75) is 16.1 Å². The largest absolute Gasteiger partial charge is 0.469 e. The van der Waals surface area contributed by atoms with Gasteiger partial charge in [-0.25, -0.2) is 0 Å². The van der Waals surface area contributed by atoms with Gasteiger partial charge in [-0.05, 0) is 11.6 Å². The number of methoxy groups -OCH3 is 2. The number of benzene rings is 1. The minimum atomic E-state index is -0.575. The Morgan fingerprint density at radius 1 is 1.12 bits per heavy atom. The fourth-order valence-corrected chi connectivity index (χ4v) is 3.24. The van der Waals surface area contributed by atoms with Crippen molar-refractivity contribution >= 4 is 23.7 Å². The van der Waals surface area contributed by atoms with Gasteiger partial charge in [-0.15, -0.1) is 11.8 Å². The average Bonchev–Trinajstić information content (AvgIpc) is 2.76. The number of carbonyl (C=O) groups excluding carboxylic acids is 2. The maximum Gasteiger partial charge on any atom is 0.320 e. The molecule has 0 spiro atoms. The molecule has 4 nitrogen and oxygen atoms in total. The van der Waals surface area contributed by atoms with E-state index < -0.39 is 23.1 Å². The Morgan fingerprint density at radius 2 is 1.76 bits per heavy atom. The van der Waals surface area contributed by atoms with Crippen LogP contribution in [0.5, 0.6) is 0 Å². The summed E-state index contributed by atoms with van der Waals surface area (Å²) in [4.78, 5) is 24.4. The van der Waals surface area contributed by atoms with Crippen molar-refractivity contribution in [2.24, 2.45) is 0 Å². The lowest BCUT2D eigenvalue weighted by Crippen LogP contribution is -2.29. The summed E-state index contributed by atoms with van der Waals surface area (Å²) in [6.07, 6.45) is 0. The van der Waals surface area contributed by atoms with Crippen molar-refractivity contribution in [1.29, 1.82) is 0 Å². The number of hydrogen-bond donors (Lipinski definition) is 0. The predicted octanol–water partition coefficient (Wildman–Crippen LogP) is 1.59. The molecule has 0 radical (unpaired) electrons. The average molecular weight is 252 g/mol. The van der Waals surface area contributed by atoms with Crippen LogP contribution in [-0.2, 0) is 19.1 Å². The van der Waals surface area contributed by atoms with Gasteiger partial charge in [0.2, 0.25) is 0 Å². The van der Waals surface area contributed by atoms with E-state index in [1.807, 2.05) is 24.3 Å². The molecule has 2 atom stereocenters. The molecule has 0 saturated carbocycles. The SMILES string of the molecule is COC(=O)C1Sc2ccccc2C1C(=O)OC. The van der Waals surface area contributed by atoms with Crippen molar-refractivity contribution in [3.63, 3.8) is 0 Å². The molecule has 1 heterocycles. The molecule has 1 aliphatic heterocycles. The van der Waals surface area contributed by atoms with Crippen LogP contribution >= 0.6 is 11.8 Å². The summed E-state index contributed by atoms with van der Waals surface area (Å²) >= 11 is 1.35. The van der Waals surface area contributed by atoms with E-state index in [0.29, 0.717) is 0 Å². The lowest BCUT2D eigenvalue weighted by molar-refractivity contribution is -0.148. The first-order valence-electron chi connectivity index (χ1n) is 5.10. The summed E-state index contributed by atoms with van der Waals surface area (Å²) < 4.78 is 9.48. The van der Waals surface area contributed by atoms with E-state index >= 15 is 0 Å². The number of ether oxygens (including phenoxy) is 2. The van der Waals surface area contributed by atoms with Crippen molar-refractivity contribution in [1.82, 2.24) is 0 Å². The molecular weight excluding hydrogens is 240 g/mol. The molecule has 1 aromatic rings. The van der Waals surface area contributed by atoms with Crippen LogP contribution in [0, 0.1) is 0 Å². The van der Waals surface area contributed by atoms with Crippen LogP contribution in [0.3, 0.4) is 0 Å². The maximum absolute atomic E-state index is 11.8. The Labute approximate surface area is 103 Å². The van der Waals surface area contributed by atoms with Crippen LogP contribution < -0.4 is 0 Å². The summed E-state index contributed by atoms with van der Waals surface area (Å²) in [7, 11) is 2.64. The Kier molecular flexibility index (Phi) is 3.38. The molecule has 0 bridgehead atoms. The molecule has 0 aliphatic carbocycles. The van der Waals surface area contributed by atoms with Gasteiger partial charge in [-0.3, -0.25) is 9.59 Å². The second kappa shape index (κ2) is 4.79. The minimum Gasteiger partial charge on any atom is -0.469 e. The Bertz CT molecular complexity index is 458. The van der Waals surface area contributed by atoms with Crippen molar-refractivity contribution in [3.05, 3.63) is 29.8 Å². The molecular formula is C12H12O4S. The first-order valence-corrected chi connectivity index (χ1v) is 5.98. The first kappa shape index (κ1) is 12.0. The van der Waals surface area contributed by atoms with Crippen LogP contribution in [0.1, 0.15) is 11.5 Å². The summed E-state index contributed by atoms with van der Waals surface area (Å²) in [5.41, 5.74) is 0.833. The number of rotatable bonds is 2. The quantitative estimate of drug-likeness (QED) is 0.748. The Hall–Kier alpha value is -1.49. The van der Waals surface area contributed by atoms with Gasteiger partial charge < -0.3 is 9.47 Å². The maximum atomic E-state index is 11.8. The summed E-state index contributed by atoms with van der Waals surface area (Å²) in [5.74, 6) is -1.38. The number of hydrogen-bond acceptors (Lipinski definition) is 5. The van der Waals surface area contributed by atoms with E-state index in [9.17, 15) is 9.59 Å². The Morgan fingerprint density at radius 3 is 2.41 bits per heavy atom. The molecule has 0 N–H and O–H groups in total. The highest BCUT2D eigenvalue weighted by molar-refractivity contribution is 8.01. The van der Waals surface area contributed by atoms with Gasteiger partial charge in [0.25, 0.3) is 0 Å². The zero-order valence-electron chi connectivity index (χ0n) is 9.51. The van der Waals surface area contributed by atoms with Crippen LogP contribution in [-0.4, -0.2) is 31.4 Å². The van der Waals surface area contributed by atoms with Crippen LogP contribution in [0.4, 0.5) is 0 Å². The van der Waals surface area contributed by atoms with Gasteiger partial charge in [0.05, 0.1) is 14.2 Å². The first-order chi connectivity index (χ1) is 8.19. The topological polar surface area (TPSA) is 52.6 Å². The predicted molar refractivity (Wildman–Crippen MR) is 62.9 cm³/mol. The van der Waals surface area contributed by atoms with E-state index in [1.165, 1.54) is 26.0 Å². The lowest BCUT2D eigenvalue weighted by Gasteiger charge is -2.14. The summed E-state index contributed by atoms with van der Waals surface area (Å²) in [6, 6.07) is 7.45. The molecule has 5 heteroatoms. The number of fused-ring (bicyclic) bond motifs is 1. The molecule has 2 unspecified atom stereocenters. The lowest BCUT2D eigenvalue weighted by atomic mass is 9.96. The van der Waals surface area contributed by atoms with Crippen molar-refractivity contribution < 1.29 is 19.1 Å². The zero-order valence-corrected chi connectivity index (χ0v) is 10.3. The smallest absolute Gasteiger partial charge is 0.320 e. The number of carbonyl (C=O) groups is 2. The molecule has 90 valence electrons. The number of thioether (sulfide) groups is 1. The third-order valence-corrected chi connectivity index (χ3v) is 4.04. The molecule has 0 amide bonds. The highest BCUT2D eigenvalue weighted by atomic mass is 32.2. The van der Waals surface area contributed by atoms with Crippen molar-refractivity contribution in [3.8, 4) is 0 Å². The molecule has 1 aliphatic rings. The van der Waals surface area contributed by atoms with Gasteiger partial charge in [0.1, 0.15) is 11.2 Å². The Balaban J connectivity index is 2.40. The van der Waals surface area contributed by atoms with Gasteiger partial charge >= 0.3 is 11.9 Å². The normalized spacial score (nSPS) is 21.8. The molecule has 1 aromatic carbocycles. The monoisotopic (exact) mass is 252 g/mol. The van der Waals surface area contributed by atoms with E-state index in [4.69, 9.17) is 9.47 Å². The van der Waals surface area contributed by atoms with Crippen molar-refractivity contribution in [2.75, 3.05) is 14.2 Å². The van der Waals surface area contributed by atoms with E-state index in [1.54, 1.807) is 0 Å². The summed E-state index contributed by atoms with van der Waals surface area (Å²) in [5, 5.41) is -0.551. The van der Waals surface area contributed by atoms with Crippen LogP contribution in [0.15, 0.2) is 29.2 Å². The highest BCUT2D eigenvalue weighted by Gasteiger charge is 2.43. The van der Waals surface area contributed by atoms with Crippen LogP contribution in [0.25, 0.3) is 0 Å². The molecule has 2 rings (SSSR count). The molecule has 0 fully saturated rings. The van der Waals surface area contributed by atoms with Gasteiger partial charge in [0.15, 0.2) is 0 Å². The molecule has 0 saturated heterocycles. The molecule has 0 aromatic heterocycles. The molecule has 17 heavy (non-hydrogen) atoms. The fraction of sp³-hybridized carbons (Fsp3) is 0.333. The minimum absolute atomic E-state index is 0.401. The van der Waals surface area contributed by atoms with E-state index in [2.05, 4.69) is 0 Å². The van der Waals surface area contributed by atoms with E-state index in [-0.39, 0.29) is 0 Å². The third-order valence-electron chi connectivity index (χ3n) is 2.70. The van der Waals surface area contributed by atoms with Gasteiger partial charge in [0, 0.05) is 4.90 Å². The standard InChI is InChI=1S/C12H12O4S/c1-15-11(13)9-7-5-3-4-6-8(7)17-10(9)12(14)16-2/h3-6,9-10H,1-2H3. The zero-order chi connectivity index (χ0) is 12.4. The van der Waals surface area contributed by atoms with Crippen LogP contribution in [0.2, 0.25) is 0 Å². The third kappa shape index (κ3) is 2.02. The second-order valence-corrected chi connectivity index (χ2v) is 4.78. The van der Waals surface area contributed by atoms with Gasteiger partial charge in [-0.1, -0.05) is 18.2 Å². The summed E-state index contributed by atoms with van der Waals surface area (Å²) in [6.45, 7) is 0. The number of esters is 2. The van der Waals surface area contributed by atoms with Gasteiger partial charge in [-0.2, -0.15) is 0 Å². The second-order valence-electron chi connectivity index (χ2n) is 3.60.